The Kier molecular flexibility index (Phi) is 2.53. The van der Waals surface area contributed by atoms with Crippen molar-refractivity contribution in [1.29, 1.82) is 0 Å². The third kappa shape index (κ3) is 1.69. The van der Waals surface area contributed by atoms with E-state index in [0.717, 1.165) is 6.07 Å². The van der Waals surface area contributed by atoms with Crippen LogP contribution in [-0.4, -0.2) is 19.3 Å². The summed E-state index contributed by atoms with van der Waals surface area (Å²) in [4.78, 5) is 2.86. The lowest BCUT2D eigenvalue weighted by atomic mass is 10.3. The molecule has 1 N–H and O–H groups in total. The molecular weight excluding hydrogens is 270 g/mol. The van der Waals surface area contributed by atoms with Crippen LogP contribution in [-0.2, 0) is 7.05 Å². The summed E-state index contributed by atoms with van der Waals surface area (Å²) in [7, 11) is 1.76. The molecule has 19 heavy (non-hydrogen) atoms. The molecule has 2 aromatic heterocycles. The third-order valence-electron chi connectivity index (χ3n) is 2.97. The zero-order valence-corrected chi connectivity index (χ0v) is 11.1. The van der Waals surface area contributed by atoms with Crippen LogP contribution in [0.4, 0.5) is 8.78 Å². The van der Waals surface area contributed by atoms with Crippen LogP contribution in [0.2, 0.25) is 0 Å². The van der Waals surface area contributed by atoms with Crippen molar-refractivity contribution >= 4 is 23.3 Å². The number of nitrogens with one attached hydrogen (secondary N) is 1. The molecule has 0 aliphatic rings. The first kappa shape index (κ1) is 12.0. The van der Waals surface area contributed by atoms with Gasteiger partial charge < -0.3 is 4.98 Å². The molecule has 0 radical (unpaired) electrons. The summed E-state index contributed by atoms with van der Waals surface area (Å²) in [6.07, 6.45) is 1.71. The molecule has 4 nitrogen and oxygen atoms in total. The van der Waals surface area contributed by atoms with Crippen molar-refractivity contribution < 1.29 is 8.78 Å². The van der Waals surface area contributed by atoms with Gasteiger partial charge in [-0.1, -0.05) is 0 Å². The molecule has 98 valence electrons. The van der Waals surface area contributed by atoms with Crippen LogP contribution >= 0.6 is 12.2 Å². The van der Waals surface area contributed by atoms with E-state index in [4.69, 9.17) is 12.2 Å². The lowest BCUT2D eigenvalue weighted by molar-refractivity contribution is 0.514. The molecule has 0 saturated heterocycles. The minimum atomic E-state index is -0.923. The summed E-state index contributed by atoms with van der Waals surface area (Å²) >= 11 is 5.19. The number of rotatable bonds is 1. The molecule has 0 bridgehead atoms. The highest BCUT2D eigenvalue weighted by atomic mass is 32.1. The Labute approximate surface area is 112 Å². The van der Waals surface area contributed by atoms with Gasteiger partial charge in [0.05, 0.1) is 16.9 Å². The second-order valence-corrected chi connectivity index (χ2v) is 4.68. The number of H-pyrrole nitrogens is 1. The number of aromatic nitrogens is 4. The van der Waals surface area contributed by atoms with Crippen molar-refractivity contribution in [3.63, 3.8) is 0 Å². The Bertz CT molecular complexity index is 843. The highest BCUT2D eigenvalue weighted by molar-refractivity contribution is 7.71. The molecule has 0 amide bonds. The molecule has 0 saturated carbocycles. The molecule has 0 fully saturated rings. The predicted molar refractivity (Wildman–Crippen MR) is 69.9 cm³/mol. The first-order valence-electron chi connectivity index (χ1n) is 5.58. The largest absolute Gasteiger partial charge is 0.330 e. The minimum absolute atomic E-state index is 0.0982. The van der Waals surface area contributed by atoms with E-state index in [9.17, 15) is 8.78 Å². The number of hydrogen-bond donors (Lipinski definition) is 1. The Morgan fingerprint density at radius 2 is 2.05 bits per heavy atom. The van der Waals surface area contributed by atoms with Gasteiger partial charge in [-0.15, -0.1) is 0 Å². The quantitative estimate of drug-likeness (QED) is 0.696. The molecule has 7 heteroatoms. The maximum Gasteiger partial charge on any atom is 0.184 e. The Balaban J connectivity index is 2.47. The summed E-state index contributed by atoms with van der Waals surface area (Å²) in [5, 5.41) is 4.19. The second kappa shape index (κ2) is 3.99. The van der Waals surface area contributed by atoms with Crippen LogP contribution in [0, 0.1) is 23.3 Å². The van der Waals surface area contributed by atoms with E-state index in [0.29, 0.717) is 21.7 Å². The Hall–Kier alpha value is -2.02. The average molecular weight is 280 g/mol. The number of aromatic amines is 1. The van der Waals surface area contributed by atoms with Crippen LogP contribution in [0.5, 0.6) is 0 Å². The van der Waals surface area contributed by atoms with Gasteiger partial charge in [0, 0.05) is 13.2 Å². The molecule has 0 atom stereocenters. The summed E-state index contributed by atoms with van der Waals surface area (Å²) in [5.41, 5.74) is 1.86. The highest BCUT2D eigenvalue weighted by Crippen LogP contribution is 2.25. The van der Waals surface area contributed by atoms with E-state index < -0.39 is 11.6 Å². The molecular formula is C12H10F2N4S. The van der Waals surface area contributed by atoms with Gasteiger partial charge in [0.25, 0.3) is 0 Å². The molecule has 0 aliphatic heterocycles. The van der Waals surface area contributed by atoms with Gasteiger partial charge in [-0.25, -0.2) is 8.78 Å². The van der Waals surface area contributed by atoms with E-state index in [1.54, 1.807) is 24.9 Å². The van der Waals surface area contributed by atoms with E-state index in [2.05, 4.69) is 10.1 Å². The molecule has 0 spiro atoms. The van der Waals surface area contributed by atoms with Crippen molar-refractivity contribution in [3.05, 3.63) is 40.4 Å². The maximum atomic E-state index is 14.0. The lowest BCUT2D eigenvalue weighted by Crippen LogP contribution is -1.98. The van der Waals surface area contributed by atoms with Gasteiger partial charge in [0.2, 0.25) is 0 Å². The predicted octanol–water partition coefficient (Wildman–Crippen LogP) is 3.01. The molecule has 1 aromatic carbocycles. The molecule has 2 heterocycles. The average Bonchev–Trinajstić information content (AvgIpc) is 2.84. The standard InChI is InChI=1S/C12H10F2N4S/c1-6-9(5-17(2)16-6)18-11-8(15-12(18)19)4-3-7(13)10(11)14/h3-5H,1-2H3,(H,15,19). The van der Waals surface area contributed by atoms with Gasteiger partial charge in [-0.2, -0.15) is 5.10 Å². The number of imidazole rings is 1. The van der Waals surface area contributed by atoms with Gasteiger partial charge in [-0.05, 0) is 31.3 Å². The summed E-state index contributed by atoms with van der Waals surface area (Å²) < 4.78 is 30.8. The number of fused-ring (bicyclic) bond motifs is 1. The van der Waals surface area contributed by atoms with E-state index in [-0.39, 0.29) is 5.52 Å². The second-order valence-electron chi connectivity index (χ2n) is 4.30. The van der Waals surface area contributed by atoms with Crippen molar-refractivity contribution in [1.82, 2.24) is 19.3 Å². The topological polar surface area (TPSA) is 38.5 Å². The lowest BCUT2D eigenvalue weighted by Gasteiger charge is -2.03. The van der Waals surface area contributed by atoms with E-state index in [1.807, 2.05) is 0 Å². The fourth-order valence-corrected chi connectivity index (χ4v) is 2.47. The van der Waals surface area contributed by atoms with Crippen LogP contribution < -0.4 is 0 Å². The number of nitrogens with zero attached hydrogens (tertiary/aromatic N) is 3. The summed E-state index contributed by atoms with van der Waals surface area (Å²) in [6.45, 7) is 1.78. The Morgan fingerprint density at radius 1 is 1.32 bits per heavy atom. The SMILES string of the molecule is Cc1nn(C)cc1-n1c(=S)[nH]c2ccc(F)c(F)c21. The smallest absolute Gasteiger partial charge is 0.184 e. The van der Waals surface area contributed by atoms with Crippen molar-refractivity contribution in [3.8, 4) is 5.69 Å². The van der Waals surface area contributed by atoms with Gasteiger partial charge in [-0.3, -0.25) is 9.25 Å². The number of benzene rings is 1. The number of hydrogen-bond acceptors (Lipinski definition) is 2. The van der Waals surface area contributed by atoms with Crippen LogP contribution in [0.15, 0.2) is 18.3 Å². The summed E-state index contributed by atoms with van der Waals surface area (Å²) in [5.74, 6) is -1.83. The van der Waals surface area contributed by atoms with Gasteiger partial charge >= 0.3 is 0 Å². The summed E-state index contributed by atoms with van der Waals surface area (Å²) in [6, 6.07) is 2.54. The van der Waals surface area contributed by atoms with Crippen molar-refractivity contribution in [2.45, 2.75) is 6.92 Å². The molecule has 3 rings (SSSR count). The van der Waals surface area contributed by atoms with Crippen molar-refractivity contribution in [2.24, 2.45) is 7.05 Å². The van der Waals surface area contributed by atoms with Gasteiger partial charge in [0.1, 0.15) is 5.52 Å². The third-order valence-corrected chi connectivity index (χ3v) is 3.25. The number of halogens is 2. The fourth-order valence-electron chi connectivity index (χ4n) is 2.17. The molecule has 0 aliphatic carbocycles. The van der Waals surface area contributed by atoms with E-state index >= 15 is 0 Å². The monoisotopic (exact) mass is 280 g/mol. The van der Waals surface area contributed by atoms with E-state index in [1.165, 1.54) is 10.6 Å². The first-order chi connectivity index (χ1) is 8.99. The first-order valence-corrected chi connectivity index (χ1v) is 5.99. The van der Waals surface area contributed by atoms with Crippen LogP contribution in [0.25, 0.3) is 16.7 Å². The van der Waals surface area contributed by atoms with Crippen molar-refractivity contribution in [2.75, 3.05) is 0 Å². The van der Waals surface area contributed by atoms with Gasteiger partial charge in [0.15, 0.2) is 16.4 Å². The van der Waals surface area contributed by atoms with Crippen LogP contribution in [0.1, 0.15) is 5.69 Å². The molecule has 3 aromatic rings. The maximum absolute atomic E-state index is 14.0. The minimum Gasteiger partial charge on any atom is -0.330 e. The fraction of sp³-hybridized carbons (Fsp3) is 0.167. The normalized spacial score (nSPS) is 11.4. The molecule has 0 unspecified atom stereocenters. The number of aryl methyl sites for hydroxylation is 2. The van der Waals surface area contributed by atoms with Crippen LogP contribution in [0.3, 0.4) is 0 Å². The highest BCUT2D eigenvalue weighted by Gasteiger charge is 2.17. The zero-order valence-electron chi connectivity index (χ0n) is 10.2. The Morgan fingerprint density at radius 3 is 2.68 bits per heavy atom. The zero-order chi connectivity index (χ0) is 13.7.